The van der Waals surface area contributed by atoms with E-state index in [2.05, 4.69) is 0 Å². The topological polar surface area (TPSA) is 46.3 Å². The molecule has 1 atom stereocenters. The third-order valence-electron chi connectivity index (χ3n) is 3.29. The Bertz CT molecular complexity index is 408. The van der Waals surface area contributed by atoms with Crippen molar-refractivity contribution >= 4 is 17.5 Å². The van der Waals surface area contributed by atoms with E-state index in [-0.39, 0.29) is 18.5 Å². The summed E-state index contributed by atoms with van der Waals surface area (Å²) in [6.07, 6.45) is 2.92. The Labute approximate surface area is 107 Å². The van der Waals surface area contributed by atoms with Gasteiger partial charge in [-0.15, -0.1) is 0 Å². The molecule has 1 saturated heterocycles. The highest BCUT2D eigenvalue weighted by Crippen LogP contribution is 2.24. The molecule has 92 valence electrons. The first-order valence-corrected chi connectivity index (χ1v) is 6.33. The summed E-state index contributed by atoms with van der Waals surface area (Å²) in [5.74, 6) is 0.0413. The molecule has 1 heterocycles. The molecule has 1 amide bonds. The first kappa shape index (κ1) is 12.4. The minimum absolute atomic E-state index is 0.0413. The highest BCUT2D eigenvalue weighted by atomic mass is 35.5. The fourth-order valence-corrected chi connectivity index (χ4v) is 2.62. The smallest absolute Gasteiger partial charge is 0.236 e. The maximum atomic E-state index is 11.7. The largest absolute Gasteiger partial charge is 0.338 e. The third kappa shape index (κ3) is 2.79. The van der Waals surface area contributed by atoms with Crippen LogP contribution in [0.4, 0.5) is 0 Å². The number of benzene rings is 1. The summed E-state index contributed by atoms with van der Waals surface area (Å²) in [5.41, 5.74) is 6.53. The number of likely N-dealkylation sites (tertiary alicyclic amines) is 1. The number of nitrogens with zero attached hydrogens (tertiary/aromatic N) is 1. The van der Waals surface area contributed by atoms with Crippen molar-refractivity contribution in [3.8, 4) is 0 Å². The van der Waals surface area contributed by atoms with Crippen molar-refractivity contribution in [2.45, 2.75) is 25.3 Å². The van der Waals surface area contributed by atoms with Crippen LogP contribution in [0.5, 0.6) is 0 Å². The number of rotatable bonds is 3. The van der Waals surface area contributed by atoms with Gasteiger partial charge < -0.3 is 10.6 Å². The lowest BCUT2D eigenvalue weighted by molar-refractivity contribution is -0.130. The van der Waals surface area contributed by atoms with E-state index in [9.17, 15) is 4.79 Å². The van der Waals surface area contributed by atoms with Gasteiger partial charge in [-0.25, -0.2) is 0 Å². The Morgan fingerprint density at radius 3 is 2.94 bits per heavy atom. The zero-order chi connectivity index (χ0) is 12.3. The van der Waals surface area contributed by atoms with Crippen LogP contribution in [0.25, 0.3) is 0 Å². The second-order valence-corrected chi connectivity index (χ2v) is 4.79. The van der Waals surface area contributed by atoms with E-state index in [1.165, 1.54) is 0 Å². The van der Waals surface area contributed by atoms with Crippen molar-refractivity contribution in [2.75, 3.05) is 13.1 Å². The Hall–Kier alpha value is -1.06. The van der Waals surface area contributed by atoms with Crippen LogP contribution in [0.15, 0.2) is 24.3 Å². The van der Waals surface area contributed by atoms with E-state index in [1.54, 1.807) is 0 Å². The van der Waals surface area contributed by atoms with Crippen LogP contribution >= 0.6 is 11.6 Å². The van der Waals surface area contributed by atoms with E-state index in [0.717, 1.165) is 36.4 Å². The fourth-order valence-electron chi connectivity index (χ4n) is 2.41. The van der Waals surface area contributed by atoms with Crippen LogP contribution in [0.3, 0.4) is 0 Å². The molecule has 0 saturated carbocycles. The minimum Gasteiger partial charge on any atom is -0.338 e. The first-order chi connectivity index (χ1) is 8.22. The fraction of sp³-hybridized carbons (Fsp3) is 0.462. The predicted octanol–water partition coefficient (Wildman–Crippen LogP) is 1.83. The number of carbonyl (C=O) groups is 1. The van der Waals surface area contributed by atoms with E-state index >= 15 is 0 Å². The third-order valence-corrected chi connectivity index (χ3v) is 3.65. The van der Waals surface area contributed by atoms with Crippen LogP contribution in [-0.2, 0) is 11.2 Å². The van der Waals surface area contributed by atoms with Gasteiger partial charge in [0.25, 0.3) is 0 Å². The van der Waals surface area contributed by atoms with E-state index < -0.39 is 0 Å². The molecule has 1 fully saturated rings. The Balaban J connectivity index is 2.08. The molecule has 0 aliphatic carbocycles. The molecule has 17 heavy (non-hydrogen) atoms. The van der Waals surface area contributed by atoms with Crippen molar-refractivity contribution in [2.24, 2.45) is 5.73 Å². The molecule has 0 aromatic heterocycles. The summed E-state index contributed by atoms with van der Waals surface area (Å²) in [4.78, 5) is 13.6. The Morgan fingerprint density at radius 1 is 1.47 bits per heavy atom. The first-order valence-electron chi connectivity index (χ1n) is 5.95. The van der Waals surface area contributed by atoms with Gasteiger partial charge in [0.2, 0.25) is 5.91 Å². The number of carbonyl (C=O) groups excluding carboxylic acids is 1. The molecule has 3 nitrogen and oxygen atoms in total. The van der Waals surface area contributed by atoms with Crippen LogP contribution in [-0.4, -0.2) is 29.9 Å². The monoisotopic (exact) mass is 252 g/mol. The molecule has 0 radical (unpaired) electrons. The van der Waals surface area contributed by atoms with Gasteiger partial charge in [0.1, 0.15) is 0 Å². The number of nitrogens with two attached hydrogens (primary N) is 1. The zero-order valence-electron chi connectivity index (χ0n) is 9.73. The average molecular weight is 253 g/mol. The molecule has 1 aliphatic heterocycles. The second-order valence-electron chi connectivity index (χ2n) is 4.38. The molecule has 0 spiro atoms. The van der Waals surface area contributed by atoms with Crippen molar-refractivity contribution < 1.29 is 4.79 Å². The lowest BCUT2D eigenvalue weighted by atomic mass is 10.0. The maximum Gasteiger partial charge on any atom is 0.236 e. The molecule has 2 rings (SSSR count). The molecular formula is C13H17ClN2O. The van der Waals surface area contributed by atoms with Gasteiger partial charge in [0.15, 0.2) is 0 Å². The number of hydrogen-bond acceptors (Lipinski definition) is 2. The van der Waals surface area contributed by atoms with Gasteiger partial charge in [-0.05, 0) is 30.9 Å². The van der Waals surface area contributed by atoms with Crippen molar-refractivity contribution in [1.29, 1.82) is 0 Å². The van der Waals surface area contributed by atoms with Gasteiger partial charge in [0, 0.05) is 17.6 Å². The minimum atomic E-state index is 0.0413. The highest BCUT2D eigenvalue weighted by molar-refractivity contribution is 6.31. The Morgan fingerprint density at radius 2 is 2.24 bits per heavy atom. The highest BCUT2D eigenvalue weighted by Gasteiger charge is 2.28. The lowest BCUT2D eigenvalue weighted by Gasteiger charge is -2.24. The average Bonchev–Trinajstić information content (AvgIpc) is 2.79. The number of amides is 1. The summed E-state index contributed by atoms with van der Waals surface area (Å²) in [7, 11) is 0. The van der Waals surface area contributed by atoms with Crippen molar-refractivity contribution in [3.05, 3.63) is 34.9 Å². The quantitative estimate of drug-likeness (QED) is 0.892. The summed E-state index contributed by atoms with van der Waals surface area (Å²) >= 11 is 6.14. The molecule has 1 aliphatic rings. The standard InChI is InChI=1S/C13H17ClN2O/c14-12-6-2-1-4-10(12)8-11-5-3-7-16(11)13(17)9-15/h1-2,4,6,11H,3,5,7-9,15H2/t11-/m1/s1. The Kier molecular flexibility index (Phi) is 4.02. The molecule has 0 unspecified atom stereocenters. The molecule has 1 aromatic rings. The molecule has 2 N–H and O–H groups in total. The summed E-state index contributed by atoms with van der Waals surface area (Å²) in [6, 6.07) is 8.06. The second kappa shape index (κ2) is 5.52. The van der Waals surface area contributed by atoms with Gasteiger partial charge in [-0.2, -0.15) is 0 Å². The molecule has 1 aromatic carbocycles. The molecule has 0 bridgehead atoms. The van der Waals surface area contributed by atoms with E-state index in [1.807, 2.05) is 29.2 Å². The van der Waals surface area contributed by atoms with Gasteiger partial charge in [-0.1, -0.05) is 29.8 Å². The van der Waals surface area contributed by atoms with E-state index in [0.29, 0.717) is 0 Å². The SMILES string of the molecule is NCC(=O)N1CCC[C@@H]1Cc1ccccc1Cl. The predicted molar refractivity (Wildman–Crippen MR) is 68.9 cm³/mol. The molecule has 4 heteroatoms. The number of hydrogen-bond donors (Lipinski definition) is 1. The summed E-state index contributed by atoms with van der Waals surface area (Å²) in [6.45, 7) is 0.921. The van der Waals surface area contributed by atoms with Gasteiger partial charge in [0.05, 0.1) is 6.54 Å². The summed E-state index contributed by atoms with van der Waals surface area (Å²) < 4.78 is 0. The van der Waals surface area contributed by atoms with Crippen LogP contribution in [0.1, 0.15) is 18.4 Å². The van der Waals surface area contributed by atoms with E-state index in [4.69, 9.17) is 17.3 Å². The zero-order valence-corrected chi connectivity index (χ0v) is 10.5. The normalized spacial score (nSPS) is 19.6. The summed E-state index contributed by atoms with van der Waals surface area (Å²) in [5, 5.41) is 0.777. The van der Waals surface area contributed by atoms with Gasteiger partial charge in [-0.3, -0.25) is 4.79 Å². The van der Waals surface area contributed by atoms with Crippen LogP contribution in [0.2, 0.25) is 5.02 Å². The van der Waals surface area contributed by atoms with Crippen LogP contribution in [0, 0.1) is 0 Å². The molecular weight excluding hydrogens is 236 g/mol. The maximum absolute atomic E-state index is 11.7. The van der Waals surface area contributed by atoms with Gasteiger partial charge >= 0.3 is 0 Å². The van der Waals surface area contributed by atoms with Crippen molar-refractivity contribution in [1.82, 2.24) is 4.90 Å². The van der Waals surface area contributed by atoms with Crippen molar-refractivity contribution in [3.63, 3.8) is 0 Å². The number of halogens is 1. The van der Waals surface area contributed by atoms with Crippen LogP contribution < -0.4 is 5.73 Å². The lowest BCUT2D eigenvalue weighted by Crippen LogP contribution is -2.40.